The molecule has 90 valence electrons. The van der Waals surface area contributed by atoms with E-state index >= 15 is 0 Å². The monoisotopic (exact) mass is 250 g/mol. The number of oxazole rings is 1. The first-order valence-electron chi connectivity index (χ1n) is 6.05. The first-order valence-corrected chi connectivity index (χ1v) is 6.48. The van der Waals surface area contributed by atoms with E-state index < -0.39 is 0 Å². The number of aromatic nitrogens is 1. The average molecular weight is 251 g/mol. The van der Waals surface area contributed by atoms with Crippen LogP contribution in [-0.4, -0.2) is 16.9 Å². The highest BCUT2D eigenvalue weighted by atomic mass is 35.5. The maximum atomic E-state index is 6.09. The molecule has 0 spiro atoms. The van der Waals surface area contributed by atoms with Crippen LogP contribution in [0, 0.1) is 5.92 Å². The Balaban J connectivity index is 1.65. The van der Waals surface area contributed by atoms with Crippen molar-refractivity contribution < 1.29 is 4.42 Å². The van der Waals surface area contributed by atoms with Crippen molar-refractivity contribution in [2.24, 2.45) is 5.92 Å². The van der Waals surface area contributed by atoms with E-state index in [0.717, 1.165) is 30.5 Å². The number of benzene rings is 1. The second-order valence-corrected chi connectivity index (χ2v) is 5.26. The number of hydrogen-bond acceptors (Lipinski definition) is 3. The number of para-hydroxylation sites is 2. The minimum absolute atomic E-state index is 0.352. The van der Waals surface area contributed by atoms with Gasteiger partial charge in [-0.2, -0.15) is 4.98 Å². The largest absolute Gasteiger partial charge is 0.424 e. The van der Waals surface area contributed by atoms with Gasteiger partial charge in [0.1, 0.15) is 5.52 Å². The second kappa shape index (κ2) is 4.57. The van der Waals surface area contributed by atoms with E-state index in [1.54, 1.807) is 0 Å². The molecule has 1 aromatic carbocycles. The van der Waals surface area contributed by atoms with Crippen LogP contribution in [0.25, 0.3) is 11.1 Å². The van der Waals surface area contributed by atoms with Crippen LogP contribution < -0.4 is 5.32 Å². The zero-order valence-corrected chi connectivity index (χ0v) is 10.3. The Bertz CT molecular complexity index is 478. The molecule has 3 nitrogen and oxygen atoms in total. The molecule has 1 aromatic heterocycles. The summed E-state index contributed by atoms with van der Waals surface area (Å²) in [6.45, 7) is 0.899. The lowest BCUT2D eigenvalue weighted by atomic mass is 10.1. The summed E-state index contributed by atoms with van der Waals surface area (Å²) in [6.07, 6.45) is 3.41. The summed E-state index contributed by atoms with van der Waals surface area (Å²) < 4.78 is 5.60. The highest BCUT2D eigenvalue weighted by Crippen LogP contribution is 2.29. The quantitative estimate of drug-likeness (QED) is 0.845. The Morgan fingerprint density at radius 2 is 2.24 bits per heavy atom. The van der Waals surface area contributed by atoms with Gasteiger partial charge in [0.05, 0.1) is 0 Å². The van der Waals surface area contributed by atoms with Gasteiger partial charge >= 0.3 is 0 Å². The van der Waals surface area contributed by atoms with E-state index in [2.05, 4.69) is 10.3 Å². The van der Waals surface area contributed by atoms with Crippen molar-refractivity contribution in [1.82, 2.24) is 4.98 Å². The molecule has 1 aliphatic carbocycles. The highest BCUT2D eigenvalue weighted by Gasteiger charge is 2.22. The van der Waals surface area contributed by atoms with E-state index in [1.807, 2.05) is 24.3 Å². The van der Waals surface area contributed by atoms with Crippen LogP contribution in [-0.2, 0) is 0 Å². The normalized spacial score (nSPS) is 24.3. The molecule has 0 bridgehead atoms. The highest BCUT2D eigenvalue weighted by molar-refractivity contribution is 6.20. The molecule has 2 unspecified atom stereocenters. The number of hydrogen-bond donors (Lipinski definition) is 1. The maximum absolute atomic E-state index is 6.09. The molecular weight excluding hydrogens is 236 g/mol. The van der Waals surface area contributed by atoms with Crippen molar-refractivity contribution in [3.63, 3.8) is 0 Å². The van der Waals surface area contributed by atoms with Gasteiger partial charge in [-0.1, -0.05) is 12.1 Å². The summed E-state index contributed by atoms with van der Waals surface area (Å²) in [5.41, 5.74) is 1.73. The van der Waals surface area contributed by atoms with E-state index in [1.165, 1.54) is 6.42 Å². The lowest BCUT2D eigenvalue weighted by Gasteiger charge is -2.08. The molecule has 2 aromatic rings. The van der Waals surface area contributed by atoms with Crippen molar-refractivity contribution in [2.75, 3.05) is 11.9 Å². The standard InChI is InChI=1S/C13H15ClN2O/c14-10-6-5-9(7-10)8-15-13-16-11-3-1-2-4-12(11)17-13/h1-4,9-10H,5-8H2,(H,15,16). The van der Waals surface area contributed by atoms with Crippen LogP contribution >= 0.6 is 11.6 Å². The van der Waals surface area contributed by atoms with Gasteiger partial charge < -0.3 is 9.73 Å². The SMILES string of the molecule is ClC1CCC(CNc2nc3ccccc3o2)C1. The molecule has 1 saturated carbocycles. The Morgan fingerprint density at radius 1 is 1.35 bits per heavy atom. The third-order valence-corrected chi connectivity index (χ3v) is 3.71. The van der Waals surface area contributed by atoms with Crippen molar-refractivity contribution in [3.8, 4) is 0 Å². The minimum Gasteiger partial charge on any atom is -0.424 e. The Kier molecular flexibility index (Phi) is 2.93. The Hall–Kier alpha value is -1.22. The van der Waals surface area contributed by atoms with Crippen LogP contribution in [0.2, 0.25) is 0 Å². The third-order valence-electron chi connectivity index (χ3n) is 3.31. The van der Waals surface area contributed by atoms with Gasteiger partial charge in [0.15, 0.2) is 5.58 Å². The Labute approximate surface area is 105 Å². The smallest absolute Gasteiger partial charge is 0.295 e. The third kappa shape index (κ3) is 2.39. The molecule has 4 heteroatoms. The lowest BCUT2D eigenvalue weighted by molar-refractivity contribution is 0.554. The number of rotatable bonds is 3. The number of fused-ring (bicyclic) bond motifs is 1. The number of halogens is 1. The average Bonchev–Trinajstić information content (AvgIpc) is 2.91. The van der Waals surface area contributed by atoms with Gasteiger partial charge in [-0.3, -0.25) is 0 Å². The van der Waals surface area contributed by atoms with Gasteiger partial charge in [-0.15, -0.1) is 11.6 Å². The molecule has 3 rings (SSSR count). The van der Waals surface area contributed by atoms with Crippen LogP contribution in [0.3, 0.4) is 0 Å². The van der Waals surface area contributed by atoms with Gasteiger partial charge in [0, 0.05) is 11.9 Å². The van der Waals surface area contributed by atoms with Crippen LogP contribution in [0.4, 0.5) is 6.01 Å². The summed E-state index contributed by atoms with van der Waals surface area (Å²) in [5, 5.41) is 3.61. The number of nitrogens with zero attached hydrogens (tertiary/aromatic N) is 1. The molecule has 1 N–H and O–H groups in total. The van der Waals surface area contributed by atoms with Crippen LogP contribution in [0.1, 0.15) is 19.3 Å². The predicted molar refractivity (Wildman–Crippen MR) is 69.5 cm³/mol. The predicted octanol–water partition coefficient (Wildman–Crippen LogP) is 3.65. The summed E-state index contributed by atoms with van der Waals surface area (Å²) >= 11 is 6.09. The van der Waals surface area contributed by atoms with Gasteiger partial charge in [-0.25, -0.2) is 0 Å². The summed E-state index contributed by atoms with van der Waals surface area (Å²) in [7, 11) is 0. The molecule has 1 aliphatic rings. The van der Waals surface area contributed by atoms with Crippen molar-refractivity contribution in [3.05, 3.63) is 24.3 Å². The molecule has 1 fully saturated rings. The first kappa shape index (κ1) is 10.9. The van der Waals surface area contributed by atoms with E-state index in [9.17, 15) is 0 Å². The Morgan fingerprint density at radius 3 is 3.00 bits per heavy atom. The second-order valence-electron chi connectivity index (χ2n) is 4.64. The van der Waals surface area contributed by atoms with Crippen LogP contribution in [0.15, 0.2) is 28.7 Å². The molecule has 17 heavy (non-hydrogen) atoms. The molecule has 0 radical (unpaired) electrons. The zero-order valence-electron chi connectivity index (χ0n) is 9.53. The van der Waals surface area contributed by atoms with Gasteiger partial charge in [-0.05, 0) is 37.3 Å². The number of anilines is 1. The number of nitrogens with one attached hydrogen (secondary N) is 1. The molecule has 0 amide bonds. The lowest BCUT2D eigenvalue weighted by Crippen LogP contribution is -2.11. The van der Waals surface area contributed by atoms with Gasteiger partial charge in [0.25, 0.3) is 6.01 Å². The maximum Gasteiger partial charge on any atom is 0.295 e. The van der Waals surface area contributed by atoms with E-state index in [-0.39, 0.29) is 0 Å². The fourth-order valence-electron chi connectivity index (χ4n) is 2.38. The number of alkyl halides is 1. The van der Waals surface area contributed by atoms with Crippen LogP contribution in [0.5, 0.6) is 0 Å². The summed E-state index contributed by atoms with van der Waals surface area (Å²) in [6, 6.07) is 8.41. The van der Waals surface area contributed by atoms with Crippen molar-refractivity contribution in [2.45, 2.75) is 24.6 Å². The molecule has 0 aliphatic heterocycles. The summed E-state index contributed by atoms with van der Waals surface area (Å²) in [5.74, 6) is 0.646. The fourth-order valence-corrected chi connectivity index (χ4v) is 2.76. The van der Waals surface area contributed by atoms with E-state index in [0.29, 0.717) is 17.3 Å². The molecule has 0 saturated heterocycles. The fraction of sp³-hybridized carbons (Fsp3) is 0.462. The molecule has 2 atom stereocenters. The van der Waals surface area contributed by atoms with Gasteiger partial charge in [0.2, 0.25) is 0 Å². The van der Waals surface area contributed by atoms with E-state index in [4.69, 9.17) is 16.0 Å². The van der Waals surface area contributed by atoms with Crippen molar-refractivity contribution in [1.29, 1.82) is 0 Å². The minimum atomic E-state index is 0.352. The zero-order chi connectivity index (χ0) is 11.7. The van der Waals surface area contributed by atoms with Crippen molar-refractivity contribution >= 4 is 28.7 Å². The topological polar surface area (TPSA) is 38.1 Å². The summed E-state index contributed by atoms with van der Waals surface area (Å²) in [4.78, 5) is 4.38. The first-order chi connectivity index (χ1) is 8.31. The molecular formula is C13H15ClN2O. The molecule has 1 heterocycles.